The number of sulfonamides is 1. The summed E-state index contributed by atoms with van der Waals surface area (Å²) in [6, 6.07) is 6.30. The normalized spacial score (nSPS) is 11.5. The molecule has 0 saturated carbocycles. The van der Waals surface area contributed by atoms with E-state index in [1.54, 1.807) is 12.1 Å². The van der Waals surface area contributed by atoms with E-state index in [4.69, 9.17) is 9.84 Å². The molecule has 0 heterocycles. The van der Waals surface area contributed by atoms with Gasteiger partial charge in [-0.1, -0.05) is 13.8 Å². The lowest BCUT2D eigenvalue weighted by Gasteiger charge is -2.22. The maximum Gasteiger partial charge on any atom is 0.323 e. The summed E-state index contributed by atoms with van der Waals surface area (Å²) >= 11 is 0. The van der Waals surface area contributed by atoms with E-state index >= 15 is 0 Å². The van der Waals surface area contributed by atoms with Crippen LogP contribution < -0.4 is 9.46 Å². The molecule has 1 rings (SSSR count). The van der Waals surface area contributed by atoms with Crippen LogP contribution in [0.5, 0.6) is 5.75 Å². The van der Waals surface area contributed by atoms with Crippen LogP contribution >= 0.6 is 0 Å². The van der Waals surface area contributed by atoms with Crippen LogP contribution in [0.3, 0.4) is 0 Å². The Bertz CT molecular complexity index is 713. The van der Waals surface area contributed by atoms with Gasteiger partial charge in [0.15, 0.2) is 0 Å². The Kier molecular flexibility index (Phi) is 7.88. The standard InChI is InChI=1S/C17H26N2O6S/c1-12(2)9-19(10-17(21)22)16(20)11-26(23,24)18-14-5-7-15(8-6-14)25-13(3)4/h5-8,12-13,18H,9-11H2,1-4H3,(H,21,22). The van der Waals surface area contributed by atoms with Crippen molar-refractivity contribution in [1.82, 2.24) is 4.90 Å². The molecule has 1 amide bonds. The predicted octanol–water partition coefficient (Wildman–Crippen LogP) is 1.78. The van der Waals surface area contributed by atoms with Gasteiger partial charge in [0.2, 0.25) is 15.9 Å². The van der Waals surface area contributed by atoms with Crippen LogP contribution in [-0.4, -0.2) is 55.2 Å². The SMILES string of the molecule is CC(C)CN(CC(=O)O)C(=O)CS(=O)(=O)Nc1ccc(OC(C)C)cc1. The molecule has 8 nitrogen and oxygen atoms in total. The monoisotopic (exact) mass is 386 g/mol. The molecular formula is C17H26N2O6S. The number of nitrogens with one attached hydrogen (secondary N) is 1. The van der Waals surface area contributed by atoms with E-state index in [-0.39, 0.29) is 18.6 Å². The third-order valence-electron chi connectivity index (χ3n) is 3.08. The maximum absolute atomic E-state index is 12.2. The molecule has 146 valence electrons. The first kappa shape index (κ1) is 21.8. The molecule has 9 heteroatoms. The van der Waals surface area contributed by atoms with Gasteiger partial charge in [-0.3, -0.25) is 14.3 Å². The van der Waals surface area contributed by atoms with Crippen molar-refractivity contribution in [3.05, 3.63) is 24.3 Å². The summed E-state index contributed by atoms with van der Waals surface area (Å²) in [5.74, 6) is -2.15. The van der Waals surface area contributed by atoms with Crippen molar-refractivity contribution < 1.29 is 27.9 Å². The fourth-order valence-corrected chi connectivity index (χ4v) is 3.28. The first-order chi connectivity index (χ1) is 12.0. The number of rotatable bonds is 10. The molecule has 0 radical (unpaired) electrons. The highest BCUT2D eigenvalue weighted by molar-refractivity contribution is 7.93. The van der Waals surface area contributed by atoms with Gasteiger partial charge in [0.1, 0.15) is 18.0 Å². The summed E-state index contributed by atoms with van der Waals surface area (Å²) in [4.78, 5) is 24.1. The second-order valence-electron chi connectivity index (χ2n) is 6.61. The summed E-state index contributed by atoms with van der Waals surface area (Å²) < 4.78 is 32.2. The number of amides is 1. The second kappa shape index (κ2) is 9.42. The fraction of sp³-hybridized carbons (Fsp3) is 0.529. The van der Waals surface area contributed by atoms with Crippen molar-refractivity contribution in [2.24, 2.45) is 5.92 Å². The van der Waals surface area contributed by atoms with Gasteiger partial charge in [0.25, 0.3) is 0 Å². The number of hydrogen-bond donors (Lipinski definition) is 2. The molecule has 0 aliphatic carbocycles. The number of hydrogen-bond acceptors (Lipinski definition) is 5. The van der Waals surface area contributed by atoms with Gasteiger partial charge in [0.05, 0.1) is 6.10 Å². The van der Waals surface area contributed by atoms with E-state index in [1.807, 2.05) is 27.7 Å². The van der Waals surface area contributed by atoms with E-state index < -0.39 is 34.2 Å². The van der Waals surface area contributed by atoms with Crippen LogP contribution in [0, 0.1) is 5.92 Å². The average Bonchev–Trinajstić information content (AvgIpc) is 2.46. The first-order valence-corrected chi connectivity index (χ1v) is 9.90. The lowest BCUT2D eigenvalue weighted by Crippen LogP contribution is -2.42. The largest absolute Gasteiger partial charge is 0.491 e. The maximum atomic E-state index is 12.2. The van der Waals surface area contributed by atoms with Crippen LogP contribution in [0.15, 0.2) is 24.3 Å². The summed E-state index contributed by atoms with van der Waals surface area (Å²) in [6.45, 7) is 7.02. The lowest BCUT2D eigenvalue weighted by molar-refractivity contribution is -0.143. The fourth-order valence-electron chi connectivity index (χ4n) is 2.20. The topological polar surface area (TPSA) is 113 Å². The number of carbonyl (C=O) groups is 2. The molecule has 0 aliphatic heterocycles. The Morgan fingerprint density at radius 1 is 1.15 bits per heavy atom. The highest BCUT2D eigenvalue weighted by Gasteiger charge is 2.24. The summed E-state index contributed by atoms with van der Waals surface area (Å²) in [6.07, 6.45) is -0.00339. The first-order valence-electron chi connectivity index (χ1n) is 8.25. The van der Waals surface area contributed by atoms with Gasteiger partial charge in [-0.2, -0.15) is 0 Å². The quantitative estimate of drug-likeness (QED) is 0.634. The summed E-state index contributed by atoms with van der Waals surface area (Å²) in [5, 5.41) is 8.90. The highest BCUT2D eigenvalue weighted by Crippen LogP contribution is 2.18. The number of carbonyl (C=O) groups excluding carboxylic acids is 1. The number of anilines is 1. The molecule has 1 aromatic rings. The van der Waals surface area contributed by atoms with Gasteiger partial charge in [-0.05, 0) is 44.0 Å². The third-order valence-corrected chi connectivity index (χ3v) is 4.25. The smallest absolute Gasteiger partial charge is 0.323 e. The summed E-state index contributed by atoms with van der Waals surface area (Å²) in [5.41, 5.74) is 0.294. The molecule has 26 heavy (non-hydrogen) atoms. The number of carboxylic acids is 1. The highest BCUT2D eigenvalue weighted by atomic mass is 32.2. The molecule has 0 bridgehead atoms. The molecule has 0 saturated heterocycles. The Balaban J connectivity index is 2.77. The molecule has 0 aromatic heterocycles. The van der Waals surface area contributed by atoms with Crippen molar-refractivity contribution in [2.45, 2.75) is 33.8 Å². The van der Waals surface area contributed by atoms with Crippen LogP contribution in [0.1, 0.15) is 27.7 Å². The Labute approximate surface area is 154 Å². The molecule has 0 atom stereocenters. The van der Waals surface area contributed by atoms with E-state index in [1.165, 1.54) is 12.1 Å². The van der Waals surface area contributed by atoms with Gasteiger partial charge in [-0.15, -0.1) is 0 Å². The van der Waals surface area contributed by atoms with Gasteiger partial charge < -0.3 is 14.7 Å². The van der Waals surface area contributed by atoms with Crippen molar-refractivity contribution >= 4 is 27.6 Å². The zero-order valence-electron chi connectivity index (χ0n) is 15.4. The number of nitrogens with zero attached hydrogens (tertiary/aromatic N) is 1. The van der Waals surface area contributed by atoms with Gasteiger partial charge >= 0.3 is 5.97 Å². The van der Waals surface area contributed by atoms with E-state index in [0.717, 1.165) is 4.90 Å². The van der Waals surface area contributed by atoms with Crippen LogP contribution in [-0.2, 0) is 19.6 Å². The minimum atomic E-state index is -3.96. The van der Waals surface area contributed by atoms with Crippen molar-refractivity contribution in [3.63, 3.8) is 0 Å². The molecule has 0 spiro atoms. The lowest BCUT2D eigenvalue weighted by atomic mass is 10.2. The van der Waals surface area contributed by atoms with Crippen LogP contribution in [0.2, 0.25) is 0 Å². The zero-order chi connectivity index (χ0) is 19.9. The van der Waals surface area contributed by atoms with E-state index in [2.05, 4.69) is 4.72 Å². The van der Waals surface area contributed by atoms with Gasteiger partial charge in [-0.25, -0.2) is 8.42 Å². The minimum Gasteiger partial charge on any atom is -0.491 e. The van der Waals surface area contributed by atoms with Gasteiger partial charge in [0, 0.05) is 12.2 Å². The van der Waals surface area contributed by atoms with Crippen LogP contribution in [0.4, 0.5) is 5.69 Å². The molecule has 2 N–H and O–H groups in total. The van der Waals surface area contributed by atoms with E-state index in [9.17, 15) is 18.0 Å². The zero-order valence-corrected chi connectivity index (χ0v) is 16.2. The van der Waals surface area contributed by atoms with Crippen molar-refractivity contribution in [2.75, 3.05) is 23.6 Å². The molecule has 0 aliphatic rings. The Morgan fingerprint density at radius 3 is 2.19 bits per heavy atom. The average molecular weight is 386 g/mol. The predicted molar refractivity (Wildman–Crippen MR) is 98.7 cm³/mol. The second-order valence-corrected chi connectivity index (χ2v) is 8.34. The Morgan fingerprint density at radius 2 is 1.73 bits per heavy atom. The van der Waals surface area contributed by atoms with Crippen LogP contribution in [0.25, 0.3) is 0 Å². The molecule has 1 aromatic carbocycles. The number of carboxylic acid groups (broad SMARTS) is 1. The summed E-state index contributed by atoms with van der Waals surface area (Å²) in [7, 11) is -3.96. The Hall–Kier alpha value is -2.29. The van der Waals surface area contributed by atoms with Crippen molar-refractivity contribution in [1.29, 1.82) is 0 Å². The third kappa shape index (κ3) is 8.19. The number of benzene rings is 1. The van der Waals surface area contributed by atoms with E-state index in [0.29, 0.717) is 11.4 Å². The number of ether oxygens (including phenoxy) is 1. The van der Waals surface area contributed by atoms with Crippen molar-refractivity contribution in [3.8, 4) is 5.75 Å². The molecule has 0 unspecified atom stereocenters. The molecule has 0 fully saturated rings. The minimum absolute atomic E-state index is 0.00339. The number of aliphatic carboxylic acids is 1. The molecular weight excluding hydrogens is 360 g/mol.